The number of halogens is 1. The molecule has 1 N–H and O–H groups in total. The highest BCUT2D eigenvalue weighted by Gasteiger charge is 2.33. The first kappa shape index (κ1) is 18.8. The molecule has 0 amide bonds. The van der Waals surface area contributed by atoms with E-state index >= 15 is 0 Å². The fraction of sp³-hybridized carbons (Fsp3) is 0.150. The molecule has 2 aromatic rings. The number of ether oxygens (including phenoxy) is 2. The van der Waals surface area contributed by atoms with Gasteiger partial charge in [-0.15, -0.1) is 0 Å². The van der Waals surface area contributed by atoms with Crippen LogP contribution in [0.3, 0.4) is 0 Å². The Morgan fingerprint density at radius 3 is 2.56 bits per heavy atom. The number of methoxy groups -OCH3 is 1. The van der Waals surface area contributed by atoms with E-state index in [-0.39, 0.29) is 23.5 Å². The summed E-state index contributed by atoms with van der Waals surface area (Å²) in [4.78, 5) is 29.0. The first-order valence-corrected chi connectivity index (χ1v) is 8.83. The van der Waals surface area contributed by atoms with E-state index in [2.05, 4.69) is 20.9 Å². The number of aliphatic imine (C=N–C) groups is 1. The van der Waals surface area contributed by atoms with Crippen molar-refractivity contribution in [2.24, 2.45) is 4.99 Å². The molecule has 1 heterocycles. The van der Waals surface area contributed by atoms with Crippen LogP contribution in [-0.2, 0) is 9.53 Å². The van der Waals surface area contributed by atoms with Crippen molar-refractivity contribution in [3.63, 3.8) is 0 Å². The monoisotopic (exact) mass is 429 g/mol. The second-order valence-corrected chi connectivity index (χ2v) is 6.70. The topological polar surface area (TPSA) is 85.2 Å². The van der Waals surface area contributed by atoms with E-state index in [1.54, 1.807) is 24.3 Å². The maximum Gasteiger partial charge on any atom is 0.344 e. The standard InChI is InChI=1S/C20H16BrNO5/c1-11-3-6-13(9-15(11)21)22-16-10-27-20(25)17(16)19(24)18(23)12-4-7-14(26-2)8-5-12/h3-9,24H,10H2,1-2H3/b19-17+,22-16?. The molecule has 0 spiro atoms. The molecule has 0 atom stereocenters. The van der Waals surface area contributed by atoms with Gasteiger partial charge in [-0.3, -0.25) is 4.79 Å². The normalized spacial score (nSPS) is 17.0. The molecule has 138 valence electrons. The Hall–Kier alpha value is -2.93. The first-order chi connectivity index (χ1) is 12.9. The molecule has 3 rings (SSSR count). The van der Waals surface area contributed by atoms with Crippen LogP contribution in [0.2, 0.25) is 0 Å². The average Bonchev–Trinajstić information content (AvgIpc) is 3.03. The van der Waals surface area contributed by atoms with Crippen molar-refractivity contribution in [3.05, 3.63) is 69.4 Å². The quantitative estimate of drug-likeness (QED) is 0.342. The van der Waals surface area contributed by atoms with E-state index in [0.717, 1.165) is 10.0 Å². The molecule has 0 bridgehead atoms. The molecule has 0 unspecified atom stereocenters. The zero-order valence-electron chi connectivity index (χ0n) is 14.7. The number of Topliss-reactive ketones (excluding diaryl/α,β-unsaturated/α-hetero) is 1. The zero-order valence-corrected chi connectivity index (χ0v) is 16.2. The van der Waals surface area contributed by atoms with Gasteiger partial charge in [-0.05, 0) is 48.9 Å². The van der Waals surface area contributed by atoms with Gasteiger partial charge in [0.1, 0.15) is 17.9 Å². The second kappa shape index (κ2) is 7.75. The Balaban J connectivity index is 1.99. The lowest BCUT2D eigenvalue weighted by molar-refractivity contribution is -0.135. The van der Waals surface area contributed by atoms with E-state index in [1.165, 1.54) is 19.2 Å². The van der Waals surface area contributed by atoms with Crippen molar-refractivity contribution in [2.75, 3.05) is 13.7 Å². The van der Waals surface area contributed by atoms with Gasteiger partial charge in [0, 0.05) is 10.0 Å². The van der Waals surface area contributed by atoms with Gasteiger partial charge in [0.05, 0.1) is 18.5 Å². The van der Waals surface area contributed by atoms with Gasteiger partial charge in [0.2, 0.25) is 5.78 Å². The number of esters is 1. The summed E-state index contributed by atoms with van der Waals surface area (Å²) in [6.45, 7) is 1.83. The molecule has 7 heteroatoms. The maximum absolute atomic E-state index is 12.6. The number of allylic oxidation sites excluding steroid dienone is 1. The van der Waals surface area contributed by atoms with Crippen molar-refractivity contribution in [1.29, 1.82) is 0 Å². The third-order valence-corrected chi connectivity index (χ3v) is 4.91. The Labute approximate surface area is 164 Å². The summed E-state index contributed by atoms with van der Waals surface area (Å²) in [5.41, 5.74) is 1.81. The van der Waals surface area contributed by atoms with E-state index in [1.807, 2.05) is 13.0 Å². The number of nitrogens with zero attached hydrogens (tertiary/aromatic N) is 1. The van der Waals surface area contributed by atoms with Crippen LogP contribution in [0.15, 0.2) is 63.3 Å². The summed E-state index contributed by atoms with van der Waals surface area (Å²) >= 11 is 3.42. The van der Waals surface area contributed by atoms with Crippen molar-refractivity contribution < 1.29 is 24.2 Å². The Morgan fingerprint density at radius 1 is 1.22 bits per heavy atom. The van der Waals surface area contributed by atoms with E-state index in [9.17, 15) is 14.7 Å². The molecule has 0 aliphatic carbocycles. The third kappa shape index (κ3) is 3.93. The Bertz CT molecular complexity index is 976. The number of aryl methyl sites for hydroxylation is 1. The van der Waals surface area contributed by atoms with Crippen molar-refractivity contribution in [3.8, 4) is 5.75 Å². The van der Waals surface area contributed by atoms with Crippen molar-refractivity contribution in [2.45, 2.75) is 6.92 Å². The minimum Gasteiger partial charge on any atom is -0.503 e. The highest BCUT2D eigenvalue weighted by atomic mass is 79.9. The van der Waals surface area contributed by atoms with E-state index < -0.39 is 17.5 Å². The van der Waals surface area contributed by atoms with Crippen LogP contribution in [0.25, 0.3) is 0 Å². The van der Waals surface area contributed by atoms with Crippen LogP contribution in [-0.4, -0.2) is 36.3 Å². The number of rotatable bonds is 4. The lowest BCUT2D eigenvalue weighted by Crippen LogP contribution is -2.13. The van der Waals surface area contributed by atoms with Gasteiger partial charge in [-0.2, -0.15) is 0 Å². The highest BCUT2D eigenvalue weighted by molar-refractivity contribution is 9.10. The summed E-state index contributed by atoms with van der Waals surface area (Å²) in [5.74, 6) is -1.58. The minimum absolute atomic E-state index is 0.111. The summed E-state index contributed by atoms with van der Waals surface area (Å²) in [6.07, 6.45) is 0. The molecule has 2 aromatic carbocycles. The van der Waals surface area contributed by atoms with Crippen LogP contribution in [0, 0.1) is 6.92 Å². The number of cyclic esters (lactones) is 1. The first-order valence-electron chi connectivity index (χ1n) is 8.04. The van der Waals surface area contributed by atoms with Crippen LogP contribution in [0.4, 0.5) is 5.69 Å². The molecule has 1 aliphatic heterocycles. The largest absolute Gasteiger partial charge is 0.503 e. The fourth-order valence-electron chi connectivity index (χ4n) is 2.52. The molecule has 0 radical (unpaired) electrons. The number of carbonyl (C=O) groups excluding carboxylic acids is 2. The summed E-state index contributed by atoms with van der Waals surface area (Å²) in [7, 11) is 1.51. The van der Waals surface area contributed by atoms with Crippen LogP contribution in [0.1, 0.15) is 15.9 Å². The van der Waals surface area contributed by atoms with Gasteiger partial charge in [-0.25, -0.2) is 9.79 Å². The molecule has 0 saturated carbocycles. The van der Waals surface area contributed by atoms with Crippen LogP contribution < -0.4 is 4.74 Å². The van der Waals surface area contributed by atoms with Gasteiger partial charge >= 0.3 is 5.97 Å². The van der Waals surface area contributed by atoms with Gasteiger partial charge in [-0.1, -0.05) is 22.0 Å². The number of ketones is 1. The number of hydrogen-bond acceptors (Lipinski definition) is 6. The Kier molecular flexibility index (Phi) is 5.41. The molecule has 6 nitrogen and oxygen atoms in total. The molecule has 1 fully saturated rings. The fourth-order valence-corrected chi connectivity index (χ4v) is 2.88. The van der Waals surface area contributed by atoms with Crippen LogP contribution in [0.5, 0.6) is 5.75 Å². The zero-order chi connectivity index (χ0) is 19.6. The molecule has 1 aliphatic rings. The lowest BCUT2D eigenvalue weighted by Gasteiger charge is -2.05. The summed E-state index contributed by atoms with van der Waals surface area (Å²) in [5, 5.41) is 10.4. The van der Waals surface area contributed by atoms with E-state index in [4.69, 9.17) is 9.47 Å². The number of aliphatic hydroxyl groups excluding tert-OH is 1. The maximum atomic E-state index is 12.6. The van der Waals surface area contributed by atoms with Crippen molar-refractivity contribution >= 4 is 39.1 Å². The Morgan fingerprint density at radius 2 is 1.93 bits per heavy atom. The second-order valence-electron chi connectivity index (χ2n) is 5.85. The smallest absolute Gasteiger partial charge is 0.344 e. The number of hydrogen-bond donors (Lipinski definition) is 1. The van der Waals surface area contributed by atoms with E-state index in [0.29, 0.717) is 11.4 Å². The number of benzene rings is 2. The lowest BCUT2D eigenvalue weighted by atomic mass is 10.0. The summed E-state index contributed by atoms with van der Waals surface area (Å²) < 4.78 is 10.9. The minimum atomic E-state index is -0.778. The molecule has 1 saturated heterocycles. The molecule has 27 heavy (non-hydrogen) atoms. The van der Waals surface area contributed by atoms with Crippen molar-refractivity contribution in [1.82, 2.24) is 0 Å². The molecular formula is C20H16BrNO5. The van der Waals surface area contributed by atoms with Gasteiger partial charge < -0.3 is 14.6 Å². The summed E-state index contributed by atoms with van der Waals surface area (Å²) in [6, 6.07) is 11.6. The van der Waals surface area contributed by atoms with Crippen LogP contribution >= 0.6 is 15.9 Å². The predicted molar refractivity (Wildman–Crippen MR) is 104 cm³/mol. The number of carbonyl (C=O) groups is 2. The molecule has 0 aromatic heterocycles. The average molecular weight is 430 g/mol. The number of aliphatic hydroxyl groups is 1. The highest BCUT2D eigenvalue weighted by Crippen LogP contribution is 2.26. The van der Waals surface area contributed by atoms with Gasteiger partial charge in [0.25, 0.3) is 0 Å². The molecular weight excluding hydrogens is 414 g/mol. The predicted octanol–water partition coefficient (Wildman–Crippen LogP) is 4.09. The SMILES string of the molecule is COc1ccc(C(=O)/C(O)=C2\C(=O)OCC2=Nc2ccc(C)c(Br)c2)cc1. The van der Waals surface area contributed by atoms with Gasteiger partial charge in [0.15, 0.2) is 5.76 Å². The third-order valence-electron chi connectivity index (χ3n) is 4.06.